The van der Waals surface area contributed by atoms with Gasteiger partial charge in [-0.2, -0.15) is 0 Å². The Balaban J connectivity index is 1.92. The number of thiazole rings is 1. The van der Waals surface area contributed by atoms with E-state index in [9.17, 15) is 0 Å². The van der Waals surface area contributed by atoms with Gasteiger partial charge in [-0.3, -0.25) is 0 Å². The largest absolute Gasteiger partial charge is 0.454 e. The molecule has 0 aliphatic carbocycles. The predicted molar refractivity (Wildman–Crippen MR) is 71.3 cm³/mol. The number of hydrogen-bond donors (Lipinski definition) is 1. The van der Waals surface area contributed by atoms with Gasteiger partial charge in [0.05, 0.1) is 16.1 Å². The highest BCUT2D eigenvalue weighted by Gasteiger charge is 2.16. The van der Waals surface area contributed by atoms with E-state index in [0.29, 0.717) is 6.79 Å². The fraction of sp³-hybridized carbons (Fsp3) is 0.308. The monoisotopic (exact) mass is 262 g/mol. The van der Waals surface area contributed by atoms with Gasteiger partial charge in [-0.1, -0.05) is 0 Å². The number of aromatic nitrogens is 1. The average molecular weight is 262 g/mol. The summed E-state index contributed by atoms with van der Waals surface area (Å²) < 4.78 is 10.7. The Kier molecular flexibility index (Phi) is 3.17. The van der Waals surface area contributed by atoms with Crippen molar-refractivity contribution in [3.63, 3.8) is 0 Å². The number of hydrogen-bond acceptors (Lipinski definition) is 5. The number of nitrogens with zero attached hydrogens (tertiary/aromatic N) is 1. The van der Waals surface area contributed by atoms with Crippen LogP contribution >= 0.6 is 11.3 Å². The molecule has 94 valence electrons. The first-order chi connectivity index (χ1) is 8.88. The van der Waals surface area contributed by atoms with Crippen molar-refractivity contribution < 1.29 is 9.47 Å². The number of fused-ring (bicyclic) bond motifs is 1. The molecular weight excluding hydrogens is 248 g/mol. The van der Waals surface area contributed by atoms with Crippen molar-refractivity contribution in [2.24, 2.45) is 0 Å². The highest BCUT2D eigenvalue weighted by atomic mass is 32.1. The molecule has 2 aromatic rings. The molecule has 5 heteroatoms. The average Bonchev–Trinajstić information content (AvgIpc) is 3.03. The maximum Gasteiger partial charge on any atom is 0.231 e. The van der Waals surface area contributed by atoms with Crippen molar-refractivity contribution in [1.29, 1.82) is 0 Å². The van der Waals surface area contributed by atoms with Crippen molar-refractivity contribution in [2.45, 2.75) is 6.42 Å². The molecule has 0 saturated carbocycles. The summed E-state index contributed by atoms with van der Waals surface area (Å²) in [6, 6.07) is 6.04. The molecule has 0 amide bonds. The van der Waals surface area contributed by atoms with E-state index in [4.69, 9.17) is 9.47 Å². The molecule has 18 heavy (non-hydrogen) atoms. The highest BCUT2D eigenvalue weighted by molar-refractivity contribution is 7.13. The second-order valence-corrected chi connectivity index (χ2v) is 4.90. The fourth-order valence-electron chi connectivity index (χ4n) is 1.96. The second-order valence-electron chi connectivity index (χ2n) is 4.05. The number of rotatable bonds is 4. The smallest absolute Gasteiger partial charge is 0.231 e. The lowest BCUT2D eigenvalue weighted by Crippen LogP contribution is -2.10. The van der Waals surface area contributed by atoms with Gasteiger partial charge in [0.1, 0.15) is 0 Å². The van der Waals surface area contributed by atoms with E-state index in [1.165, 1.54) is 4.88 Å². The molecule has 0 fully saturated rings. The van der Waals surface area contributed by atoms with Crippen molar-refractivity contribution >= 4 is 11.3 Å². The van der Waals surface area contributed by atoms with Gasteiger partial charge in [-0.25, -0.2) is 4.98 Å². The lowest BCUT2D eigenvalue weighted by atomic mass is 10.1. The van der Waals surface area contributed by atoms with E-state index < -0.39 is 0 Å². The van der Waals surface area contributed by atoms with Gasteiger partial charge in [-0.15, -0.1) is 11.3 Å². The highest BCUT2D eigenvalue weighted by Crippen LogP contribution is 2.38. The zero-order valence-corrected chi connectivity index (χ0v) is 10.9. The minimum atomic E-state index is 0.314. The van der Waals surface area contributed by atoms with Gasteiger partial charge >= 0.3 is 0 Å². The van der Waals surface area contributed by atoms with Gasteiger partial charge in [0.15, 0.2) is 11.5 Å². The molecular formula is C13H14N2O2S. The summed E-state index contributed by atoms with van der Waals surface area (Å²) in [6.45, 7) is 1.25. The van der Waals surface area contributed by atoms with E-state index in [1.807, 2.05) is 24.7 Å². The fourth-order valence-corrected chi connectivity index (χ4v) is 2.80. The van der Waals surface area contributed by atoms with Crippen LogP contribution < -0.4 is 14.8 Å². The van der Waals surface area contributed by atoms with E-state index >= 15 is 0 Å². The second kappa shape index (κ2) is 4.96. The third kappa shape index (κ3) is 2.07. The zero-order valence-electron chi connectivity index (χ0n) is 10.1. The Morgan fingerprint density at radius 1 is 1.33 bits per heavy atom. The Morgan fingerprint density at radius 2 is 2.22 bits per heavy atom. The molecule has 0 spiro atoms. The third-order valence-corrected chi connectivity index (χ3v) is 3.81. The van der Waals surface area contributed by atoms with E-state index in [-0.39, 0.29) is 0 Å². The standard InChI is InChI=1S/C13H14N2O2S/c1-14-5-4-10-13(18-7-15-10)9-2-3-11-12(6-9)17-8-16-11/h2-3,6-7,14H,4-5,8H2,1H3. The molecule has 1 aliphatic rings. The molecule has 1 aromatic heterocycles. The topological polar surface area (TPSA) is 43.4 Å². The maximum atomic E-state index is 5.41. The maximum absolute atomic E-state index is 5.41. The van der Waals surface area contributed by atoms with Gasteiger partial charge < -0.3 is 14.8 Å². The van der Waals surface area contributed by atoms with Crippen LogP contribution in [0.25, 0.3) is 10.4 Å². The summed E-state index contributed by atoms with van der Waals surface area (Å²) in [4.78, 5) is 5.64. The van der Waals surface area contributed by atoms with Crippen LogP contribution in [0.5, 0.6) is 11.5 Å². The van der Waals surface area contributed by atoms with E-state index in [1.54, 1.807) is 11.3 Å². The lowest BCUT2D eigenvalue weighted by Gasteiger charge is -2.04. The van der Waals surface area contributed by atoms with Gasteiger partial charge in [-0.05, 0) is 30.8 Å². The van der Waals surface area contributed by atoms with E-state index in [2.05, 4.69) is 16.4 Å². The summed E-state index contributed by atoms with van der Waals surface area (Å²) in [5.41, 5.74) is 4.17. The molecule has 0 saturated heterocycles. The lowest BCUT2D eigenvalue weighted by molar-refractivity contribution is 0.174. The first-order valence-electron chi connectivity index (χ1n) is 5.85. The molecule has 1 aliphatic heterocycles. The summed E-state index contributed by atoms with van der Waals surface area (Å²) >= 11 is 1.66. The van der Waals surface area contributed by atoms with Crippen LogP contribution in [-0.4, -0.2) is 25.4 Å². The molecule has 0 atom stereocenters. The minimum absolute atomic E-state index is 0.314. The summed E-state index contributed by atoms with van der Waals surface area (Å²) in [7, 11) is 1.95. The summed E-state index contributed by atoms with van der Waals surface area (Å²) in [5.74, 6) is 1.64. The predicted octanol–water partition coefficient (Wildman–Crippen LogP) is 2.30. The molecule has 1 N–H and O–H groups in total. The molecule has 1 aromatic carbocycles. The van der Waals surface area contributed by atoms with Crippen molar-refractivity contribution in [3.8, 4) is 21.9 Å². The van der Waals surface area contributed by atoms with Crippen LogP contribution in [0.4, 0.5) is 0 Å². The Hall–Kier alpha value is -1.59. The zero-order chi connectivity index (χ0) is 12.4. The number of likely N-dealkylation sites (N-methyl/N-ethyl adjacent to an activating group) is 1. The van der Waals surface area contributed by atoms with Crippen LogP contribution in [0.2, 0.25) is 0 Å². The first kappa shape index (κ1) is 11.5. The van der Waals surface area contributed by atoms with Crippen LogP contribution in [0.3, 0.4) is 0 Å². The van der Waals surface area contributed by atoms with E-state index in [0.717, 1.165) is 35.7 Å². The number of nitrogens with one attached hydrogen (secondary N) is 1. The molecule has 0 unspecified atom stereocenters. The number of ether oxygens (including phenoxy) is 2. The minimum Gasteiger partial charge on any atom is -0.454 e. The quantitative estimate of drug-likeness (QED) is 0.918. The molecule has 0 radical (unpaired) electrons. The molecule has 4 nitrogen and oxygen atoms in total. The van der Waals surface area contributed by atoms with Crippen molar-refractivity contribution in [3.05, 3.63) is 29.4 Å². The van der Waals surface area contributed by atoms with Gasteiger partial charge in [0.2, 0.25) is 6.79 Å². The molecule has 2 heterocycles. The first-order valence-corrected chi connectivity index (χ1v) is 6.73. The van der Waals surface area contributed by atoms with Crippen molar-refractivity contribution in [2.75, 3.05) is 20.4 Å². The summed E-state index contributed by atoms with van der Waals surface area (Å²) in [6.07, 6.45) is 0.934. The van der Waals surface area contributed by atoms with Crippen LogP contribution in [0.15, 0.2) is 23.7 Å². The third-order valence-electron chi connectivity index (χ3n) is 2.89. The van der Waals surface area contributed by atoms with Crippen LogP contribution in [-0.2, 0) is 6.42 Å². The Bertz CT molecular complexity index is 554. The number of benzene rings is 1. The van der Waals surface area contributed by atoms with Gasteiger partial charge in [0.25, 0.3) is 0 Å². The Morgan fingerprint density at radius 3 is 3.11 bits per heavy atom. The van der Waals surface area contributed by atoms with Gasteiger partial charge in [0, 0.05) is 13.0 Å². The van der Waals surface area contributed by atoms with Crippen molar-refractivity contribution in [1.82, 2.24) is 10.3 Å². The normalized spacial score (nSPS) is 12.9. The Labute approximate surface area is 110 Å². The summed E-state index contributed by atoms with van der Waals surface area (Å²) in [5, 5.41) is 3.15. The van der Waals surface area contributed by atoms with Crippen LogP contribution in [0, 0.1) is 0 Å². The van der Waals surface area contributed by atoms with Crippen LogP contribution in [0.1, 0.15) is 5.69 Å². The SMILES string of the molecule is CNCCc1ncsc1-c1ccc2c(c1)OCO2. The molecule has 0 bridgehead atoms. The molecule has 3 rings (SSSR count).